The average Bonchev–Trinajstić information content (AvgIpc) is 3.07. The lowest BCUT2D eigenvalue weighted by Crippen LogP contribution is -2.43. The van der Waals surface area contributed by atoms with Crippen LogP contribution in [0.2, 0.25) is 0 Å². The molecule has 0 bridgehead atoms. The first-order chi connectivity index (χ1) is 13.6. The lowest BCUT2D eigenvalue weighted by Gasteiger charge is -2.26. The molecule has 2 aliphatic rings. The number of nitrogens with one attached hydrogen (secondary N) is 1. The highest BCUT2D eigenvalue weighted by Crippen LogP contribution is 2.21. The van der Waals surface area contributed by atoms with Gasteiger partial charge in [0.2, 0.25) is 5.91 Å². The predicted octanol–water partition coefficient (Wildman–Crippen LogP) is 2.33. The van der Waals surface area contributed by atoms with Crippen molar-refractivity contribution < 1.29 is 18.7 Å². The number of ether oxygens (including phenoxy) is 1. The minimum atomic E-state index is -0.348. The van der Waals surface area contributed by atoms with Crippen molar-refractivity contribution in [3.05, 3.63) is 65.5 Å². The molecule has 2 aliphatic heterocycles. The molecule has 2 heterocycles. The summed E-state index contributed by atoms with van der Waals surface area (Å²) in [5.74, 6) is -0.559. The third kappa shape index (κ3) is 3.99. The van der Waals surface area contributed by atoms with Crippen molar-refractivity contribution in [1.29, 1.82) is 0 Å². The van der Waals surface area contributed by atoms with Gasteiger partial charge in [-0.05, 0) is 35.4 Å². The number of fused-ring (bicyclic) bond motifs is 1. The number of carbonyl (C=O) groups is 2. The van der Waals surface area contributed by atoms with E-state index in [2.05, 4.69) is 17.4 Å². The summed E-state index contributed by atoms with van der Waals surface area (Å²) in [5, 5.41) is 2.87. The smallest absolute Gasteiger partial charge is 0.325 e. The van der Waals surface area contributed by atoms with E-state index in [1.54, 1.807) is 17.0 Å². The second-order valence-corrected chi connectivity index (χ2v) is 7.04. The lowest BCUT2D eigenvalue weighted by molar-refractivity contribution is -0.122. The van der Waals surface area contributed by atoms with E-state index >= 15 is 0 Å². The van der Waals surface area contributed by atoms with Crippen LogP contribution < -0.4 is 10.2 Å². The van der Waals surface area contributed by atoms with Crippen molar-refractivity contribution in [3.8, 4) is 0 Å². The highest BCUT2D eigenvalue weighted by molar-refractivity contribution is 5.96. The van der Waals surface area contributed by atoms with Gasteiger partial charge in [-0.25, -0.2) is 9.18 Å². The molecule has 0 radical (unpaired) electrons. The summed E-state index contributed by atoms with van der Waals surface area (Å²) in [6.45, 7) is 1.89. The minimum absolute atomic E-state index is 0.000164. The van der Waals surface area contributed by atoms with Gasteiger partial charge < -0.3 is 15.0 Å². The number of nitrogens with zero attached hydrogens (tertiary/aromatic N) is 2. The first kappa shape index (κ1) is 18.4. The van der Waals surface area contributed by atoms with Gasteiger partial charge in [0.05, 0.1) is 12.7 Å². The number of urea groups is 1. The predicted molar refractivity (Wildman–Crippen MR) is 102 cm³/mol. The van der Waals surface area contributed by atoms with Crippen LogP contribution in [-0.2, 0) is 22.6 Å². The monoisotopic (exact) mass is 383 g/mol. The largest absolute Gasteiger partial charge is 0.371 e. The van der Waals surface area contributed by atoms with Gasteiger partial charge in [-0.2, -0.15) is 0 Å². The molecule has 0 aliphatic carbocycles. The van der Waals surface area contributed by atoms with Crippen molar-refractivity contribution in [2.45, 2.75) is 19.1 Å². The summed E-state index contributed by atoms with van der Waals surface area (Å²) >= 11 is 0. The molecule has 2 aromatic carbocycles. The minimum Gasteiger partial charge on any atom is -0.371 e. The number of hydrogen-bond acceptors (Lipinski definition) is 3. The summed E-state index contributed by atoms with van der Waals surface area (Å²) in [4.78, 5) is 27.9. The second kappa shape index (κ2) is 7.98. The zero-order valence-corrected chi connectivity index (χ0v) is 15.4. The molecule has 0 spiro atoms. The quantitative estimate of drug-likeness (QED) is 0.862. The molecule has 4 rings (SSSR count). The molecule has 1 atom stereocenters. The Morgan fingerprint density at radius 3 is 2.64 bits per heavy atom. The molecule has 2 aromatic rings. The maximum Gasteiger partial charge on any atom is 0.325 e. The summed E-state index contributed by atoms with van der Waals surface area (Å²) in [6, 6.07) is 13.7. The third-order valence-electron chi connectivity index (χ3n) is 5.14. The van der Waals surface area contributed by atoms with Crippen LogP contribution in [0.3, 0.4) is 0 Å². The Morgan fingerprint density at radius 2 is 1.86 bits per heavy atom. The Bertz CT molecular complexity index is 871. The fraction of sp³-hybridized carbons (Fsp3) is 0.333. The fourth-order valence-corrected chi connectivity index (χ4v) is 3.59. The normalized spacial score (nSPS) is 18.9. The number of anilines is 1. The summed E-state index contributed by atoms with van der Waals surface area (Å²) < 4.78 is 18.9. The van der Waals surface area contributed by atoms with E-state index in [1.807, 2.05) is 12.1 Å². The molecule has 146 valence electrons. The molecular formula is C21H22FN3O3. The van der Waals surface area contributed by atoms with Gasteiger partial charge in [-0.1, -0.05) is 24.3 Å². The number of hydrogen-bond donors (Lipinski definition) is 1. The van der Waals surface area contributed by atoms with Gasteiger partial charge in [0.25, 0.3) is 0 Å². The highest BCUT2D eigenvalue weighted by atomic mass is 19.1. The van der Waals surface area contributed by atoms with Crippen LogP contribution in [0.5, 0.6) is 0 Å². The maximum absolute atomic E-state index is 13.1. The van der Waals surface area contributed by atoms with Crippen LogP contribution >= 0.6 is 0 Å². The third-order valence-corrected chi connectivity index (χ3v) is 5.14. The van der Waals surface area contributed by atoms with Crippen LogP contribution in [0.15, 0.2) is 48.5 Å². The highest BCUT2D eigenvalue weighted by Gasteiger charge is 2.31. The van der Waals surface area contributed by atoms with Gasteiger partial charge in [-0.3, -0.25) is 9.69 Å². The molecule has 1 N–H and O–H groups in total. The molecular weight excluding hydrogens is 361 g/mol. The van der Waals surface area contributed by atoms with Gasteiger partial charge >= 0.3 is 6.03 Å². The van der Waals surface area contributed by atoms with E-state index in [0.29, 0.717) is 31.9 Å². The molecule has 3 amide bonds. The van der Waals surface area contributed by atoms with Gasteiger partial charge in [0.1, 0.15) is 12.4 Å². The van der Waals surface area contributed by atoms with Crippen LogP contribution in [0.4, 0.5) is 14.9 Å². The van der Waals surface area contributed by atoms with E-state index in [-0.39, 0.29) is 30.4 Å². The average molecular weight is 383 g/mol. The Balaban J connectivity index is 1.26. The van der Waals surface area contributed by atoms with Crippen LogP contribution in [-0.4, -0.2) is 49.1 Å². The fourth-order valence-electron chi connectivity index (χ4n) is 3.59. The van der Waals surface area contributed by atoms with Crippen molar-refractivity contribution in [1.82, 2.24) is 10.2 Å². The van der Waals surface area contributed by atoms with Crippen molar-refractivity contribution in [2.75, 3.05) is 31.1 Å². The number of rotatable bonds is 5. The number of halogens is 1. The second-order valence-electron chi connectivity index (χ2n) is 7.04. The van der Waals surface area contributed by atoms with Crippen LogP contribution in [0.25, 0.3) is 0 Å². The number of amides is 3. The van der Waals surface area contributed by atoms with E-state index in [1.165, 1.54) is 28.2 Å². The number of benzene rings is 2. The Hall–Kier alpha value is -2.93. The topological polar surface area (TPSA) is 61.9 Å². The summed E-state index contributed by atoms with van der Waals surface area (Å²) in [6.07, 6.45) is 0.695. The molecule has 6 nitrogen and oxygen atoms in total. The standard InChI is InChI=1S/C21H22FN3O3/c22-17-5-7-18(8-6-17)25-10-9-24(21(25)27)13-20(26)23-12-19-11-15-3-1-2-4-16(15)14-28-19/h1-8,19H,9-14H2,(H,23,26)/t19-/m0/s1. The molecule has 0 aromatic heterocycles. The zero-order valence-electron chi connectivity index (χ0n) is 15.4. The molecule has 1 saturated heterocycles. The van der Waals surface area contributed by atoms with Crippen LogP contribution in [0.1, 0.15) is 11.1 Å². The summed E-state index contributed by atoms with van der Waals surface area (Å²) in [7, 11) is 0. The first-order valence-corrected chi connectivity index (χ1v) is 9.37. The van der Waals surface area contributed by atoms with Gasteiger partial charge in [0, 0.05) is 31.7 Å². The lowest BCUT2D eigenvalue weighted by atomic mass is 9.99. The molecule has 7 heteroatoms. The van der Waals surface area contributed by atoms with E-state index in [4.69, 9.17) is 4.74 Å². The number of carbonyl (C=O) groups excluding carboxylic acids is 2. The zero-order chi connectivity index (χ0) is 19.5. The Kier molecular flexibility index (Phi) is 5.25. The van der Waals surface area contributed by atoms with Crippen molar-refractivity contribution in [2.24, 2.45) is 0 Å². The first-order valence-electron chi connectivity index (χ1n) is 9.37. The van der Waals surface area contributed by atoms with E-state index < -0.39 is 0 Å². The molecule has 0 saturated carbocycles. The summed E-state index contributed by atoms with van der Waals surface area (Å²) in [5.41, 5.74) is 3.06. The molecule has 28 heavy (non-hydrogen) atoms. The Morgan fingerprint density at radius 1 is 1.11 bits per heavy atom. The van der Waals surface area contributed by atoms with Crippen molar-refractivity contribution in [3.63, 3.8) is 0 Å². The van der Waals surface area contributed by atoms with Gasteiger partial charge in [-0.15, -0.1) is 0 Å². The van der Waals surface area contributed by atoms with E-state index in [9.17, 15) is 14.0 Å². The van der Waals surface area contributed by atoms with Crippen LogP contribution in [0, 0.1) is 5.82 Å². The van der Waals surface area contributed by atoms with Crippen molar-refractivity contribution >= 4 is 17.6 Å². The molecule has 0 unspecified atom stereocenters. The van der Waals surface area contributed by atoms with Gasteiger partial charge in [0.15, 0.2) is 0 Å². The van der Waals surface area contributed by atoms with E-state index in [0.717, 1.165) is 6.42 Å². The SMILES string of the molecule is O=C(CN1CCN(c2ccc(F)cc2)C1=O)NC[C@@H]1Cc2ccccc2CO1. The Labute approximate surface area is 162 Å². The maximum atomic E-state index is 13.1. The molecule has 1 fully saturated rings.